The largest absolute Gasteiger partial charge is 0.444 e. The van der Waals surface area contributed by atoms with Crippen LogP contribution in [0.25, 0.3) is 0 Å². The van der Waals surface area contributed by atoms with Crippen molar-refractivity contribution in [1.29, 1.82) is 0 Å². The van der Waals surface area contributed by atoms with Gasteiger partial charge in [0.05, 0.1) is 6.54 Å². The van der Waals surface area contributed by atoms with Crippen LogP contribution in [0.1, 0.15) is 32.1 Å². The smallest absolute Gasteiger partial charge is 0.409 e. The first-order chi connectivity index (χ1) is 9.86. The van der Waals surface area contributed by atoms with Crippen molar-refractivity contribution in [2.24, 2.45) is 0 Å². The second-order valence-corrected chi connectivity index (χ2v) is 6.57. The number of hydrogen-bond donors (Lipinski definition) is 0. The molecule has 1 atom stereocenters. The van der Waals surface area contributed by atoms with E-state index in [9.17, 15) is 9.59 Å². The Kier molecular flexibility index (Phi) is 4.76. The Bertz CT molecular complexity index is 403. The third kappa shape index (κ3) is 3.15. The molecule has 0 aromatic carbocycles. The molecule has 2 rings (SSSR count). The number of ether oxygens (including phenoxy) is 1. The molecule has 0 bridgehead atoms. The minimum absolute atomic E-state index is 0.176. The van der Waals surface area contributed by atoms with Crippen LogP contribution >= 0.6 is 0 Å². The molecule has 1 heterocycles. The predicted octanol–water partition coefficient (Wildman–Crippen LogP) is 1.16. The average Bonchev–Trinajstić information content (AvgIpc) is 3.07. The summed E-state index contributed by atoms with van der Waals surface area (Å²) in [5.41, 5.74) is -0.347. The molecule has 0 N–H and O–H groups in total. The highest BCUT2D eigenvalue weighted by atomic mass is 16.6. The van der Waals surface area contributed by atoms with Gasteiger partial charge in [-0.05, 0) is 26.9 Å². The Labute approximate surface area is 127 Å². The van der Waals surface area contributed by atoms with Crippen LogP contribution in [-0.4, -0.2) is 79.6 Å². The summed E-state index contributed by atoms with van der Waals surface area (Å²) in [7, 11) is 7.31. The molecule has 21 heavy (non-hydrogen) atoms. The van der Waals surface area contributed by atoms with E-state index in [1.807, 2.05) is 19.0 Å². The van der Waals surface area contributed by atoms with Crippen LogP contribution in [0.5, 0.6) is 0 Å². The fraction of sp³-hybridized carbons (Fsp3) is 0.867. The quantitative estimate of drug-likeness (QED) is 0.784. The molecule has 1 aliphatic carbocycles. The van der Waals surface area contributed by atoms with Crippen molar-refractivity contribution in [3.8, 4) is 0 Å². The van der Waals surface area contributed by atoms with Crippen LogP contribution in [0, 0.1) is 0 Å². The van der Waals surface area contributed by atoms with Crippen molar-refractivity contribution in [2.45, 2.75) is 43.7 Å². The number of carbonyl (C=O) groups excluding carboxylic acids is 2. The molecule has 6 heteroatoms. The number of carbonyl (C=O) groups is 2. The van der Waals surface area contributed by atoms with E-state index in [-0.39, 0.29) is 23.6 Å². The molecular formula is C15H27N3O3. The number of nitrogens with zero attached hydrogens (tertiary/aromatic N) is 3. The molecule has 1 aliphatic heterocycles. The van der Waals surface area contributed by atoms with Gasteiger partial charge in [-0.2, -0.15) is 0 Å². The third-order valence-electron chi connectivity index (χ3n) is 4.75. The molecule has 1 saturated carbocycles. The molecule has 0 aromatic heterocycles. The normalized spacial score (nSPS) is 24.4. The summed E-state index contributed by atoms with van der Waals surface area (Å²) in [6.07, 6.45) is 4.29. The van der Waals surface area contributed by atoms with Gasteiger partial charge in [0, 0.05) is 27.1 Å². The number of amides is 2. The predicted molar refractivity (Wildman–Crippen MR) is 80.0 cm³/mol. The van der Waals surface area contributed by atoms with Crippen LogP contribution in [0.4, 0.5) is 4.79 Å². The molecule has 6 nitrogen and oxygen atoms in total. The summed E-state index contributed by atoms with van der Waals surface area (Å²) >= 11 is 0. The first-order valence-electron chi connectivity index (χ1n) is 7.71. The second kappa shape index (κ2) is 6.22. The summed E-state index contributed by atoms with van der Waals surface area (Å²) in [5.74, 6) is 0.202. The maximum absolute atomic E-state index is 12.9. The molecule has 2 aliphatic rings. The first kappa shape index (κ1) is 16.1. The Morgan fingerprint density at radius 3 is 2.29 bits per heavy atom. The van der Waals surface area contributed by atoms with Crippen molar-refractivity contribution in [2.75, 3.05) is 41.3 Å². The lowest BCUT2D eigenvalue weighted by Gasteiger charge is -2.37. The second-order valence-electron chi connectivity index (χ2n) is 6.57. The zero-order chi connectivity index (χ0) is 15.6. The number of hydrogen-bond acceptors (Lipinski definition) is 4. The Morgan fingerprint density at radius 2 is 1.76 bits per heavy atom. The minimum Gasteiger partial charge on any atom is -0.444 e. The van der Waals surface area contributed by atoms with Gasteiger partial charge >= 0.3 is 6.09 Å². The average molecular weight is 297 g/mol. The van der Waals surface area contributed by atoms with Gasteiger partial charge in [-0.3, -0.25) is 9.69 Å². The van der Waals surface area contributed by atoms with Crippen molar-refractivity contribution >= 4 is 12.0 Å². The van der Waals surface area contributed by atoms with Gasteiger partial charge in [0.2, 0.25) is 5.91 Å². The zero-order valence-electron chi connectivity index (χ0n) is 13.6. The Balaban J connectivity index is 1.97. The molecule has 120 valence electrons. The highest BCUT2D eigenvalue weighted by molar-refractivity contribution is 5.87. The highest BCUT2D eigenvalue weighted by Crippen LogP contribution is 2.36. The van der Waals surface area contributed by atoms with E-state index >= 15 is 0 Å². The van der Waals surface area contributed by atoms with Gasteiger partial charge in [-0.25, -0.2) is 4.79 Å². The zero-order valence-corrected chi connectivity index (χ0v) is 13.6. The number of likely N-dealkylation sites (N-methyl/N-ethyl adjacent to an activating group) is 1. The van der Waals surface area contributed by atoms with Gasteiger partial charge in [0.1, 0.15) is 11.6 Å². The van der Waals surface area contributed by atoms with E-state index in [0.29, 0.717) is 13.1 Å². The molecule has 1 saturated heterocycles. The van der Waals surface area contributed by atoms with Crippen LogP contribution in [0.2, 0.25) is 0 Å². The van der Waals surface area contributed by atoms with Gasteiger partial charge in [0.25, 0.3) is 0 Å². The van der Waals surface area contributed by atoms with Crippen molar-refractivity contribution in [3.63, 3.8) is 0 Å². The van der Waals surface area contributed by atoms with E-state index in [4.69, 9.17) is 4.74 Å². The highest BCUT2D eigenvalue weighted by Gasteiger charge is 2.47. The SMILES string of the molecule is CN(C)C(=O)OC1CCN(C(=O)C2(N(C)C)CCCC2)C1. The van der Waals surface area contributed by atoms with Gasteiger partial charge in [-0.15, -0.1) is 0 Å². The lowest BCUT2D eigenvalue weighted by molar-refractivity contribution is -0.142. The summed E-state index contributed by atoms with van der Waals surface area (Å²) in [6.45, 7) is 1.20. The molecule has 2 amide bonds. The molecule has 0 radical (unpaired) electrons. The van der Waals surface area contributed by atoms with Crippen LogP contribution in [0.3, 0.4) is 0 Å². The molecule has 1 unspecified atom stereocenters. The summed E-state index contributed by atoms with van der Waals surface area (Å²) in [6, 6.07) is 0. The van der Waals surface area contributed by atoms with E-state index in [1.54, 1.807) is 14.1 Å². The van der Waals surface area contributed by atoms with Gasteiger partial charge in [0.15, 0.2) is 0 Å². The topological polar surface area (TPSA) is 53.1 Å². The fourth-order valence-electron chi connectivity index (χ4n) is 3.36. The molecule has 0 aromatic rings. The van der Waals surface area contributed by atoms with E-state index in [0.717, 1.165) is 32.1 Å². The first-order valence-corrected chi connectivity index (χ1v) is 7.71. The van der Waals surface area contributed by atoms with Gasteiger partial charge in [-0.1, -0.05) is 12.8 Å². The third-order valence-corrected chi connectivity index (χ3v) is 4.75. The van der Waals surface area contributed by atoms with Gasteiger partial charge < -0.3 is 14.5 Å². The van der Waals surface area contributed by atoms with Crippen LogP contribution in [-0.2, 0) is 9.53 Å². The summed E-state index contributed by atoms with van der Waals surface area (Å²) in [5, 5.41) is 0. The van der Waals surface area contributed by atoms with Crippen molar-refractivity contribution in [3.05, 3.63) is 0 Å². The van der Waals surface area contributed by atoms with E-state index < -0.39 is 0 Å². The van der Waals surface area contributed by atoms with Crippen molar-refractivity contribution < 1.29 is 14.3 Å². The standard InChI is InChI=1S/C15H27N3O3/c1-16(2)14(20)21-12-7-10-18(11-12)13(19)15(17(3)4)8-5-6-9-15/h12H,5-11H2,1-4H3. The maximum Gasteiger partial charge on any atom is 0.409 e. The lowest BCUT2D eigenvalue weighted by atomic mass is 9.94. The van der Waals surface area contributed by atoms with E-state index in [2.05, 4.69) is 4.90 Å². The lowest BCUT2D eigenvalue weighted by Crippen LogP contribution is -2.55. The molecule has 2 fully saturated rings. The Morgan fingerprint density at radius 1 is 1.14 bits per heavy atom. The number of rotatable bonds is 3. The maximum atomic E-state index is 12.9. The van der Waals surface area contributed by atoms with Crippen LogP contribution < -0.4 is 0 Å². The summed E-state index contributed by atoms with van der Waals surface area (Å²) < 4.78 is 5.39. The van der Waals surface area contributed by atoms with E-state index in [1.165, 1.54) is 4.90 Å². The Hall–Kier alpha value is -1.30. The summed E-state index contributed by atoms with van der Waals surface area (Å²) in [4.78, 5) is 29.9. The number of likely N-dealkylation sites (tertiary alicyclic amines) is 1. The minimum atomic E-state index is -0.347. The van der Waals surface area contributed by atoms with Crippen LogP contribution in [0.15, 0.2) is 0 Å². The van der Waals surface area contributed by atoms with Crippen molar-refractivity contribution in [1.82, 2.24) is 14.7 Å². The molecular weight excluding hydrogens is 270 g/mol. The molecule has 0 spiro atoms. The monoisotopic (exact) mass is 297 g/mol. The fourth-order valence-corrected chi connectivity index (χ4v) is 3.36.